The highest BCUT2D eigenvalue weighted by molar-refractivity contribution is 5.15. The number of aliphatic hydroxyl groups is 2. The van der Waals surface area contributed by atoms with Crippen LogP contribution in [0, 0.1) is 12.3 Å². The molecule has 13 heavy (non-hydrogen) atoms. The lowest BCUT2D eigenvalue weighted by molar-refractivity contribution is -0.187. The van der Waals surface area contributed by atoms with Crippen molar-refractivity contribution in [3.05, 3.63) is 0 Å². The van der Waals surface area contributed by atoms with Crippen LogP contribution in [0.1, 0.15) is 6.42 Å². The molecule has 1 aliphatic heterocycles. The van der Waals surface area contributed by atoms with Gasteiger partial charge in [0.05, 0.1) is 19.3 Å². The second-order valence-corrected chi connectivity index (χ2v) is 3.12. The highest BCUT2D eigenvalue weighted by Gasteiger charge is 2.44. The summed E-state index contributed by atoms with van der Waals surface area (Å²) in [5.41, 5.74) is -1.19. The topological polar surface area (TPSA) is 58.9 Å². The highest BCUT2D eigenvalue weighted by atomic mass is 16.6. The van der Waals surface area contributed by atoms with Crippen LogP contribution in [0.4, 0.5) is 0 Å². The molecule has 0 unspecified atom stereocenters. The van der Waals surface area contributed by atoms with Crippen molar-refractivity contribution in [1.29, 1.82) is 0 Å². The van der Waals surface area contributed by atoms with Crippen LogP contribution in [0.15, 0.2) is 0 Å². The first-order valence-electron chi connectivity index (χ1n) is 4.13. The monoisotopic (exact) mass is 186 g/mol. The van der Waals surface area contributed by atoms with E-state index in [1.54, 1.807) is 0 Å². The van der Waals surface area contributed by atoms with Gasteiger partial charge in [-0.05, 0) is 6.42 Å². The van der Waals surface area contributed by atoms with E-state index in [4.69, 9.17) is 15.9 Å². The van der Waals surface area contributed by atoms with Crippen molar-refractivity contribution in [2.75, 3.05) is 20.3 Å². The van der Waals surface area contributed by atoms with Crippen molar-refractivity contribution in [2.24, 2.45) is 0 Å². The van der Waals surface area contributed by atoms with E-state index in [2.05, 4.69) is 5.92 Å². The molecule has 0 spiro atoms. The van der Waals surface area contributed by atoms with E-state index in [-0.39, 0.29) is 6.61 Å². The molecule has 3 atom stereocenters. The molecule has 0 radical (unpaired) electrons. The number of hydrogen-bond donors (Lipinski definition) is 2. The maximum Gasteiger partial charge on any atom is 0.179 e. The molecule has 1 saturated heterocycles. The lowest BCUT2D eigenvalue weighted by Crippen LogP contribution is -2.56. The van der Waals surface area contributed by atoms with Crippen LogP contribution >= 0.6 is 0 Å². The smallest absolute Gasteiger partial charge is 0.179 e. The van der Waals surface area contributed by atoms with E-state index < -0.39 is 17.8 Å². The van der Waals surface area contributed by atoms with Gasteiger partial charge in [-0.2, -0.15) is 0 Å². The summed E-state index contributed by atoms with van der Waals surface area (Å²) in [6.45, 7) is 0.424. The quantitative estimate of drug-likeness (QED) is 0.551. The fraction of sp³-hybridized carbons (Fsp3) is 0.778. The van der Waals surface area contributed by atoms with Crippen LogP contribution in [0.3, 0.4) is 0 Å². The average Bonchev–Trinajstić information content (AvgIpc) is 2.13. The summed E-state index contributed by atoms with van der Waals surface area (Å²) in [6.07, 6.45) is 3.74. The molecule has 0 aromatic carbocycles. The summed E-state index contributed by atoms with van der Waals surface area (Å²) in [7, 11) is 1.47. The lowest BCUT2D eigenvalue weighted by atomic mass is 9.90. The zero-order valence-corrected chi connectivity index (χ0v) is 7.56. The number of rotatable bonds is 2. The molecule has 2 N–H and O–H groups in total. The number of terminal acetylenes is 1. The van der Waals surface area contributed by atoms with Crippen LogP contribution in [0.2, 0.25) is 0 Å². The first kappa shape index (κ1) is 10.5. The van der Waals surface area contributed by atoms with E-state index in [1.807, 2.05) is 0 Å². The molecule has 0 aliphatic carbocycles. The van der Waals surface area contributed by atoms with Crippen molar-refractivity contribution >= 4 is 0 Å². The molecule has 0 bridgehead atoms. The van der Waals surface area contributed by atoms with E-state index in [1.165, 1.54) is 7.11 Å². The van der Waals surface area contributed by atoms with Crippen molar-refractivity contribution in [2.45, 2.75) is 24.2 Å². The first-order chi connectivity index (χ1) is 6.16. The van der Waals surface area contributed by atoms with Crippen molar-refractivity contribution in [3.63, 3.8) is 0 Å². The molecule has 0 amide bonds. The van der Waals surface area contributed by atoms with Gasteiger partial charge in [0.15, 0.2) is 5.60 Å². The van der Waals surface area contributed by atoms with Crippen LogP contribution in [0.5, 0.6) is 0 Å². The third-order valence-corrected chi connectivity index (χ3v) is 2.22. The van der Waals surface area contributed by atoms with Gasteiger partial charge in [-0.1, -0.05) is 5.92 Å². The normalized spacial score (nSPS) is 39.8. The number of aliphatic hydroxyl groups excluding tert-OH is 2. The number of methoxy groups -OCH3 is 1. The summed E-state index contributed by atoms with van der Waals surface area (Å²) in [6, 6.07) is 0. The summed E-state index contributed by atoms with van der Waals surface area (Å²) >= 11 is 0. The van der Waals surface area contributed by atoms with Gasteiger partial charge in [0.2, 0.25) is 0 Å². The SMILES string of the molecule is C#C[C@]1(COC)OCC[C@@H](O)[C@H]1O. The highest BCUT2D eigenvalue weighted by Crippen LogP contribution is 2.25. The van der Waals surface area contributed by atoms with Crippen LogP contribution in [0.25, 0.3) is 0 Å². The molecule has 4 heteroatoms. The Labute approximate surface area is 77.5 Å². The average molecular weight is 186 g/mol. The minimum atomic E-state index is -1.19. The van der Waals surface area contributed by atoms with Crippen LogP contribution in [-0.2, 0) is 9.47 Å². The van der Waals surface area contributed by atoms with Gasteiger partial charge < -0.3 is 19.7 Å². The summed E-state index contributed by atoms with van der Waals surface area (Å²) < 4.78 is 10.1. The molecule has 1 heterocycles. The molecule has 74 valence electrons. The summed E-state index contributed by atoms with van der Waals surface area (Å²) in [5, 5.41) is 19.0. The molecular formula is C9H14O4. The number of ether oxygens (including phenoxy) is 2. The second-order valence-electron chi connectivity index (χ2n) is 3.12. The Balaban J connectivity index is 2.78. The Hall–Kier alpha value is -0.600. The molecule has 1 rings (SSSR count). The molecule has 0 aromatic heterocycles. The third-order valence-electron chi connectivity index (χ3n) is 2.22. The Bertz CT molecular complexity index is 206. The van der Waals surface area contributed by atoms with Gasteiger partial charge in [0.1, 0.15) is 6.10 Å². The zero-order chi connectivity index (χ0) is 9.90. The summed E-state index contributed by atoms with van der Waals surface area (Å²) in [5.74, 6) is 2.34. The summed E-state index contributed by atoms with van der Waals surface area (Å²) in [4.78, 5) is 0. The molecule has 4 nitrogen and oxygen atoms in total. The van der Waals surface area contributed by atoms with Crippen molar-refractivity contribution in [1.82, 2.24) is 0 Å². The van der Waals surface area contributed by atoms with Gasteiger partial charge in [0, 0.05) is 7.11 Å². The molecule has 1 fully saturated rings. The van der Waals surface area contributed by atoms with Gasteiger partial charge >= 0.3 is 0 Å². The lowest BCUT2D eigenvalue weighted by Gasteiger charge is -2.39. The largest absolute Gasteiger partial charge is 0.390 e. The zero-order valence-electron chi connectivity index (χ0n) is 7.56. The fourth-order valence-electron chi connectivity index (χ4n) is 1.43. The predicted molar refractivity (Wildman–Crippen MR) is 46.0 cm³/mol. The predicted octanol–water partition coefficient (Wildman–Crippen LogP) is -0.853. The number of hydrogen-bond acceptors (Lipinski definition) is 4. The molecule has 1 aliphatic rings. The van der Waals surface area contributed by atoms with Crippen molar-refractivity contribution in [3.8, 4) is 12.3 Å². The van der Waals surface area contributed by atoms with Crippen molar-refractivity contribution < 1.29 is 19.7 Å². The van der Waals surface area contributed by atoms with Crippen LogP contribution < -0.4 is 0 Å². The van der Waals surface area contributed by atoms with Gasteiger partial charge in [0.25, 0.3) is 0 Å². The Morgan fingerprint density at radius 2 is 2.38 bits per heavy atom. The standard InChI is InChI=1S/C9H14O4/c1-3-9(6-12-2)8(11)7(10)4-5-13-9/h1,7-8,10-11H,4-6H2,2H3/t7-,8-,9-/m1/s1. The van der Waals surface area contributed by atoms with E-state index >= 15 is 0 Å². The molecule has 0 aromatic rings. The first-order valence-corrected chi connectivity index (χ1v) is 4.13. The minimum Gasteiger partial charge on any atom is -0.390 e. The van der Waals surface area contributed by atoms with E-state index in [0.717, 1.165) is 0 Å². The minimum absolute atomic E-state index is 0.0850. The third kappa shape index (κ3) is 1.84. The Kier molecular flexibility index (Phi) is 3.28. The Morgan fingerprint density at radius 3 is 2.92 bits per heavy atom. The van der Waals surface area contributed by atoms with Gasteiger partial charge in [-0.25, -0.2) is 0 Å². The Morgan fingerprint density at radius 1 is 1.69 bits per heavy atom. The maximum atomic E-state index is 9.62. The van der Waals surface area contributed by atoms with Gasteiger partial charge in [-0.3, -0.25) is 0 Å². The second kappa shape index (κ2) is 4.07. The van der Waals surface area contributed by atoms with Crippen LogP contribution in [-0.4, -0.2) is 48.3 Å². The maximum absolute atomic E-state index is 9.62. The fourth-order valence-corrected chi connectivity index (χ4v) is 1.43. The van der Waals surface area contributed by atoms with Gasteiger partial charge in [-0.15, -0.1) is 6.42 Å². The molecule has 0 saturated carbocycles. The molecular weight excluding hydrogens is 172 g/mol. The van der Waals surface area contributed by atoms with E-state index in [9.17, 15) is 10.2 Å². The van der Waals surface area contributed by atoms with E-state index in [0.29, 0.717) is 13.0 Å².